The minimum Gasteiger partial charge on any atom is -0.355 e. The van der Waals surface area contributed by atoms with Gasteiger partial charge in [0.05, 0.1) is 5.56 Å². The molecule has 2 heterocycles. The van der Waals surface area contributed by atoms with Crippen molar-refractivity contribution in [2.45, 2.75) is 33.6 Å². The fraction of sp³-hybridized carbons (Fsp3) is 0.571. The smallest absolute Gasteiger partial charge is 0.163 e. The largest absolute Gasteiger partial charge is 0.355 e. The molecule has 2 rings (SSSR count). The molecule has 0 atom stereocenters. The van der Waals surface area contributed by atoms with Gasteiger partial charge in [-0.15, -0.1) is 0 Å². The maximum Gasteiger partial charge on any atom is 0.163 e. The second-order valence-corrected chi connectivity index (χ2v) is 5.62. The van der Waals surface area contributed by atoms with E-state index in [1.165, 1.54) is 12.8 Å². The molecular weight excluding hydrogens is 212 g/mol. The fourth-order valence-corrected chi connectivity index (χ4v) is 2.53. The number of Topliss-reactive ketones (excluding diaryl/α,β-unsaturated/α-hetero) is 1. The summed E-state index contributed by atoms with van der Waals surface area (Å²) in [4.78, 5) is 18.2. The monoisotopic (exact) mass is 232 g/mol. The summed E-state index contributed by atoms with van der Waals surface area (Å²) >= 11 is 0. The molecular formula is C14H20N2O. The lowest BCUT2D eigenvalue weighted by Gasteiger charge is -2.39. The number of pyridine rings is 1. The number of hydrogen-bond acceptors (Lipinski definition) is 3. The molecule has 0 spiro atoms. The van der Waals surface area contributed by atoms with E-state index in [-0.39, 0.29) is 5.78 Å². The zero-order valence-corrected chi connectivity index (χ0v) is 10.9. The Morgan fingerprint density at radius 3 is 2.88 bits per heavy atom. The number of aromatic nitrogens is 1. The van der Waals surface area contributed by atoms with Crippen LogP contribution in [0.25, 0.3) is 0 Å². The number of carbonyl (C=O) groups excluding carboxylic acids is 1. The topological polar surface area (TPSA) is 33.2 Å². The van der Waals surface area contributed by atoms with Crippen LogP contribution in [0.2, 0.25) is 0 Å². The van der Waals surface area contributed by atoms with Crippen molar-refractivity contribution in [3.63, 3.8) is 0 Å². The van der Waals surface area contributed by atoms with Crippen molar-refractivity contribution >= 4 is 11.6 Å². The highest BCUT2D eigenvalue weighted by atomic mass is 16.1. The molecule has 0 aliphatic carbocycles. The molecule has 0 aromatic carbocycles. The van der Waals surface area contributed by atoms with E-state index in [9.17, 15) is 4.79 Å². The van der Waals surface area contributed by atoms with Crippen LogP contribution in [0.1, 0.15) is 44.0 Å². The van der Waals surface area contributed by atoms with Gasteiger partial charge in [0.1, 0.15) is 5.82 Å². The average Bonchev–Trinajstić information content (AvgIpc) is 2.27. The summed E-state index contributed by atoms with van der Waals surface area (Å²) in [6, 6.07) is 3.70. The highest BCUT2D eigenvalue weighted by Gasteiger charge is 2.28. The Balaban J connectivity index is 2.30. The minimum atomic E-state index is 0.0940. The van der Waals surface area contributed by atoms with Crippen molar-refractivity contribution in [3.8, 4) is 0 Å². The summed E-state index contributed by atoms with van der Waals surface area (Å²) in [6.45, 7) is 8.13. The number of rotatable bonds is 2. The third-order valence-electron chi connectivity index (χ3n) is 3.37. The quantitative estimate of drug-likeness (QED) is 0.735. The maximum absolute atomic E-state index is 11.6. The number of ketones is 1. The second-order valence-electron chi connectivity index (χ2n) is 5.62. The van der Waals surface area contributed by atoms with Crippen LogP contribution in [0.5, 0.6) is 0 Å². The Morgan fingerprint density at radius 2 is 2.24 bits per heavy atom. The fourth-order valence-electron chi connectivity index (χ4n) is 2.53. The molecule has 1 aromatic rings. The summed E-state index contributed by atoms with van der Waals surface area (Å²) < 4.78 is 0. The lowest BCUT2D eigenvalue weighted by atomic mass is 9.84. The Bertz CT molecular complexity index is 426. The molecule has 1 fully saturated rings. The molecule has 0 amide bonds. The molecule has 0 bridgehead atoms. The number of carbonyl (C=O) groups is 1. The average molecular weight is 232 g/mol. The first kappa shape index (κ1) is 12.1. The lowest BCUT2D eigenvalue weighted by molar-refractivity contribution is 0.101. The minimum absolute atomic E-state index is 0.0940. The van der Waals surface area contributed by atoms with Gasteiger partial charge in [0.2, 0.25) is 0 Å². The van der Waals surface area contributed by atoms with E-state index in [2.05, 4.69) is 23.7 Å². The molecule has 0 N–H and O–H groups in total. The highest BCUT2D eigenvalue weighted by molar-refractivity contribution is 5.98. The molecule has 1 saturated heterocycles. The van der Waals surface area contributed by atoms with E-state index in [0.717, 1.165) is 24.5 Å². The Hall–Kier alpha value is -1.38. The highest BCUT2D eigenvalue weighted by Crippen LogP contribution is 2.31. The van der Waals surface area contributed by atoms with Gasteiger partial charge in [0.15, 0.2) is 5.78 Å². The Kier molecular flexibility index (Phi) is 3.18. The zero-order valence-electron chi connectivity index (χ0n) is 10.9. The maximum atomic E-state index is 11.6. The first-order valence-electron chi connectivity index (χ1n) is 6.20. The van der Waals surface area contributed by atoms with Crippen LogP contribution < -0.4 is 4.90 Å². The van der Waals surface area contributed by atoms with Gasteiger partial charge in [-0.25, -0.2) is 4.98 Å². The van der Waals surface area contributed by atoms with Crippen molar-refractivity contribution in [3.05, 3.63) is 23.9 Å². The van der Waals surface area contributed by atoms with Gasteiger partial charge in [0.25, 0.3) is 0 Å². The van der Waals surface area contributed by atoms with Gasteiger partial charge >= 0.3 is 0 Å². The molecule has 0 radical (unpaired) electrons. The normalized spacial score (nSPS) is 19.1. The summed E-state index contributed by atoms with van der Waals surface area (Å²) in [7, 11) is 0. The van der Waals surface area contributed by atoms with E-state index in [1.54, 1.807) is 13.1 Å². The van der Waals surface area contributed by atoms with Crippen LogP contribution in [0.4, 0.5) is 5.82 Å². The van der Waals surface area contributed by atoms with Gasteiger partial charge in [0, 0.05) is 19.3 Å². The van der Waals surface area contributed by atoms with Gasteiger partial charge in [-0.3, -0.25) is 4.79 Å². The Labute approximate surface area is 103 Å². The second kappa shape index (κ2) is 4.47. The third-order valence-corrected chi connectivity index (χ3v) is 3.37. The first-order chi connectivity index (χ1) is 7.99. The first-order valence-corrected chi connectivity index (χ1v) is 6.20. The predicted molar refractivity (Wildman–Crippen MR) is 69.5 cm³/mol. The SMILES string of the molecule is CC(=O)c1cccnc1N1CCCC(C)(C)C1. The predicted octanol–water partition coefficient (Wildman–Crippen LogP) is 2.91. The summed E-state index contributed by atoms with van der Waals surface area (Å²) in [6.07, 6.45) is 4.18. The number of nitrogens with zero attached hydrogens (tertiary/aromatic N) is 2. The van der Waals surface area contributed by atoms with Crippen LogP contribution in [0, 0.1) is 5.41 Å². The molecule has 17 heavy (non-hydrogen) atoms. The van der Waals surface area contributed by atoms with Crippen molar-refractivity contribution in [2.75, 3.05) is 18.0 Å². The van der Waals surface area contributed by atoms with Crippen LogP contribution in [0.15, 0.2) is 18.3 Å². The summed E-state index contributed by atoms with van der Waals surface area (Å²) in [5.74, 6) is 0.948. The number of piperidine rings is 1. The van der Waals surface area contributed by atoms with E-state index in [0.29, 0.717) is 5.41 Å². The lowest BCUT2D eigenvalue weighted by Crippen LogP contribution is -2.41. The number of anilines is 1. The Morgan fingerprint density at radius 1 is 1.47 bits per heavy atom. The summed E-state index contributed by atoms with van der Waals surface area (Å²) in [5, 5.41) is 0. The van der Waals surface area contributed by atoms with Crippen molar-refractivity contribution in [1.82, 2.24) is 4.98 Å². The van der Waals surface area contributed by atoms with Gasteiger partial charge in [-0.05, 0) is 37.3 Å². The van der Waals surface area contributed by atoms with Crippen LogP contribution in [0.3, 0.4) is 0 Å². The number of hydrogen-bond donors (Lipinski definition) is 0. The molecule has 1 aliphatic rings. The van der Waals surface area contributed by atoms with Crippen LogP contribution in [-0.4, -0.2) is 23.9 Å². The van der Waals surface area contributed by atoms with Gasteiger partial charge < -0.3 is 4.90 Å². The van der Waals surface area contributed by atoms with E-state index in [1.807, 2.05) is 12.1 Å². The van der Waals surface area contributed by atoms with Crippen molar-refractivity contribution < 1.29 is 4.79 Å². The van der Waals surface area contributed by atoms with Crippen LogP contribution in [-0.2, 0) is 0 Å². The van der Waals surface area contributed by atoms with Crippen LogP contribution >= 0.6 is 0 Å². The molecule has 3 nitrogen and oxygen atoms in total. The third kappa shape index (κ3) is 2.65. The zero-order chi connectivity index (χ0) is 12.5. The molecule has 92 valence electrons. The summed E-state index contributed by atoms with van der Waals surface area (Å²) in [5.41, 5.74) is 1.05. The molecule has 1 aliphatic heterocycles. The van der Waals surface area contributed by atoms with Gasteiger partial charge in [-0.2, -0.15) is 0 Å². The molecule has 0 unspecified atom stereocenters. The molecule has 3 heteroatoms. The van der Waals surface area contributed by atoms with E-state index < -0.39 is 0 Å². The standard InChI is InChI=1S/C14H20N2O/c1-11(17)12-6-4-8-15-13(12)16-9-5-7-14(2,3)10-16/h4,6,8H,5,7,9-10H2,1-3H3. The molecule has 0 saturated carbocycles. The van der Waals surface area contributed by atoms with E-state index >= 15 is 0 Å². The van der Waals surface area contributed by atoms with Crippen molar-refractivity contribution in [2.24, 2.45) is 5.41 Å². The van der Waals surface area contributed by atoms with Gasteiger partial charge in [-0.1, -0.05) is 13.8 Å². The molecule has 1 aromatic heterocycles. The van der Waals surface area contributed by atoms with E-state index in [4.69, 9.17) is 0 Å². The van der Waals surface area contributed by atoms with Crippen molar-refractivity contribution in [1.29, 1.82) is 0 Å².